The highest BCUT2D eigenvalue weighted by Gasteiger charge is 2.65. The van der Waals surface area contributed by atoms with Gasteiger partial charge in [0.25, 0.3) is 0 Å². The molecule has 0 aliphatic heterocycles. The third-order valence-corrected chi connectivity index (χ3v) is 11.4. The van der Waals surface area contributed by atoms with Crippen molar-refractivity contribution in [3.8, 4) is 0 Å². The molecule has 0 aromatic carbocycles. The third-order valence-electron chi connectivity index (χ3n) is 11.4. The molecule has 6 N–H and O–H groups in total. The predicted molar refractivity (Wildman–Crippen MR) is 126 cm³/mol. The minimum Gasteiger partial charge on any atom is -0.393 e. The SMILES string of the molecule is CC(CCCC(O)(CO)CO)C1CCC2C3C(O)CC4CC(O)CCC4(C)C3CC(O)C12C. The summed E-state index contributed by atoms with van der Waals surface area (Å²) in [5.74, 6) is 1.90. The number of fused-ring (bicyclic) bond motifs is 5. The number of hydrogen-bond donors (Lipinski definition) is 6. The van der Waals surface area contributed by atoms with Crippen LogP contribution < -0.4 is 0 Å². The van der Waals surface area contributed by atoms with Crippen molar-refractivity contribution in [3.63, 3.8) is 0 Å². The summed E-state index contributed by atoms with van der Waals surface area (Å²) in [6.07, 6.45) is 7.20. The molecule has 0 saturated heterocycles. The molecule has 0 aromatic rings. The van der Waals surface area contributed by atoms with Crippen LogP contribution >= 0.6 is 0 Å². The average molecular weight is 469 g/mol. The fourth-order valence-corrected chi connectivity index (χ4v) is 9.29. The lowest BCUT2D eigenvalue weighted by atomic mass is 9.43. The quantitative estimate of drug-likeness (QED) is 0.341. The highest BCUT2D eigenvalue weighted by Crippen LogP contribution is 2.68. The predicted octanol–water partition coefficient (Wildman–Crippen LogP) is 2.47. The van der Waals surface area contributed by atoms with Gasteiger partial charge in [-0.05, 0) is 97.7 Å². The van der Waals surface area contributed by atoms with Crippen molar-refractivity contribution < 1.29 is 30.6 Å². The molecule has 0 aromatic heterocycles. The fourth-order valence-electron chi connectivity index (χ4n) is 9.29. The van der Waals surface area contributed by atoms with Crippen molar-refractivity contribution in [1.29, 1.82) is 0 Å². The van der Waals surface area contributed by atoms with Crippen LogP contribution in [0.3, 0.4) is 0 Å². The molecule has 4 aliphatic rings. The van der Waals surface area contributed by atoms with E-state index in [1.165, 1.54) is 0 Å². The molecule has 0 heterocycles. The van der Waals surface area contributed by atoms with Gasteiger partial charge in [0.2, 0.25) is 0 Å². The zero-order chi connectivity index (χ0) is 24.2. The van der Waals surface area contributed by atoms with Crippen LogP contribution in [0.15, 0.2) is 0 Å². The van der Waals surface area contributed by atoms with Gasteiger partial charge in [-0.3, -0.25) is 0 Å². The summed E-state index contributed by atoms with van der Waals surface area (Å²) in [7, 11) is 0. The van der Waals surface area contributed by atoms with Crippen LogP contribution in [-0.2, 0) is 0 Å². The summed E-state index contributed by atoms with van der Waals surface area (Å²) in [6, 6.07) is 0. The molecule has 0 radical (unpaired) electrons. The minimum atomic E-state index is -1.41. The van der Waals surface area contributed by atoms with E-state index in [-0.39, 0.29) is 35.1 Å². The summed E-state index contributed by atoms with van der Waals surface area (Å²) in [4.78, 5) is 0. The van der Waals surface area contributed by atoms with Gasteiger partial charge < -0.3 is 30.6 Å². The lowest BCUT2D eigenvalue weighted by molar-refractivity contribution is -0.207. The van der Waals surface area contributed by atoms with Crippen LogP contribution in [0.2, 0.25) is 0 Å². The molecule has 0 spiro atoms. The van der Waals surface area contributed by atoms with Crippen molar-refractivity contribution in [3.05, 3.63) is 0 Å². The molecule has 11 atom stereocenters. The van der Waals surface area contributed by atoms with Crippen molar-refractivity contribution in [2.24, 2.45) is 46.3 Å². The van der Waals surface area contributed by atoms with Crippen LogP contribution in [-0.4, -0.2) is 67.8 Å². The van der Waals surface area contributed by atoms with E-state index in [0.29, 0.717) is 36.0 Å². The molecular weight excluding hydrogens is 420 g/mol. The van der Waals surface area contributed by atoms with Gasteiger partial charge in [0, 0.05) is 0 Å². The molecule has 0 amide bonds. The van der Waals surface area contributed by atoms with Crippen molar-refractivity contribution >= 4 is 0 Å². The molecule has 4 aliphatic carbocycles. The molecule has 0 bridgehead atoms. The molecule has 6 nitrogen and oxygen atoms in total. The smallest absolute Gasteiger partial charge is 0.111 e. The number of aliphatic hydroxyl groups is 6. The largest absolute Gasteiger partial charge is 0.393 e. The highest BCUT2D eigenvalue weighted by molar-refractivity contribution is 5.14. The van der Waals surface area contributed by atoms with E-state index in [2.05, 4.69) is 20.8 Å². The molecule has 6 heteroatoms. The summed E-state index contributed by atoms with van der Waals surface area (Å²) < 4.78 is 0. The molecule has 11 unspecified atom stereocenters. The summed E-state index contributed by atoms with van der Waals surface area (Å²) in [5.41, 5.74) is -1.54. The summed E-state index contributed by atoms with van der Waals surface area (Å²) >= 11 is 0. The Labute approximate surface area is 199 Å². The maximum atomic E-state index is 11.6. The van der Waals surface area contributed by atoms with Crippen LogP contribution in [0.25, 0.3) is 0 Å². The maximum absolute atomic E-state index is 11.6. The van der Waals surface area contributed by atoms with Crippen molar-refractivity contribution in [1.82, 2.24) is 0 Å². The molecule has 4 rings (SSSR count). The first kappa shape index (κ1) is 25.8. The van der Waals surface area contributed by atoms with Gasteiger partial charge in [-0.2, -0.15) is 0 Å². The topological polar surface area (TPSA) is 121 Å². The van der Waals surface area contributed by atoms with Gasteiger partial charge in [0.1, 0.15) is 5.60 Å². The monoisotopic (exact) mass is 468 g/mol. The first-order valence-electron chi connectivity index (χ1n) is 13.5. The van der Waals surface area contributed by atoms with Crippen LogP contribution in [0.1, 0.15) is 85.0 Å². The van der Waals surface area contributed by atoms with Gasteiger partial charge in [-0.25, -0.2) is 0 Å². The van der Waals surface area contributed by atoms with Gasteiger partial charge in [-0.15, -0.1) is 0 Å². The second kappa shape index (κ2) is 9.33. The standard InChI is InChI=1S/C27H48O6/c1-16(5-4-9-27(33,14-28)15-29)19-6-7-20-24-21(13-23(32)26(19,20)3)25(2)10-8-18(30)11-17(25)12-22(24)31/h16-24,28-33H,4-15H2,1-3H3. The van der Waals surface area contributed by atoms with Crippen LogP contribution in [0, 0.1) is 46.3 Å². The second-order valence-corrected chi connectivity index (χ2v) is 12.9. The second-order valence-electron chi connectivity index (χ2n) is 12.9. The van der Waals surface area contributed by atoms with E-state index in [1.807, 2.05) is 0 Å². The zero-order valence-corrected chi connectivity index (χ0v) is 20.9. The molecule has 4 fully saturated rings. The van der Waals surface area contributed by atoms with E-state index in [4.69, 9.17) is 0 Å². The van der Waals surface area contributed by atoms with Gasteiger partial charge in [0.05, 0.1) is 31.5 Å². The van der Waals surface area contributed by atoms with Gasteiger partial charge in [-0.1, -0.05) is 33.6 Å². The van der Waals surface area contributed by atoms with E-state index in [1.54, 1.807) is 0 Å². The van der Waals surface area contributed by atoms with Crippen LogP contribution in [0.4, 0.5) is 0 Å². The Balaban J connectivity index is 1.50. The Morgan fingerprint density at radius 1 is 0.939 bits per heavy atom. The van der Waals surface area contributed by atoms with E-state index < -0.39 is 18.8 Å². The Kier molecular flexibility index (Phi) is 7.30. The Bertz CT molecular complexity index is 682. The minimum absolute atomic E-state index is 0.0915. The molecule has 192 valence electrons. The Morgan fingerprint density at radius 2 is 1.64 bits per heavy atom. The average Bonchev–Trinajstić information content (AvgIpc) is 3.14. The molecular formula is C27H48O6. The maximum Gasteiger partial charge on any atom is 0.111 e. The number of hydrogen-bond acceptors (Lipinski definition) is 6. The first-order chi connectivity index (χ1) is 15.5. The summed E-state index contributed by atoms with van der Waals surface area (Å²) in [5, 5.41) is 62.2. The van der Waals surface area contributed by atoms with Gasteiger partial charge in [0.15, 0.2) is 0 Å². The lowest BCUT2D eigenvalue weighted by Crippen LogP contribution is -2.62. The normalized spacial score (nSPS) is 48.6. The highest BCUT2D eigenvalue weighted by atomic mass is 16.4. The third kappa shape index (κ3) is 4.21. The Morgan fingerprint density at radius 3 is 2.30 bits per heavy atom. The van der Waals surface area contributed by atoms with E-state index in [9.17, 15) is 30.6 Å². The van der Waals surface area contributed by atoms with E-state index >= 15 is 0 Å². The summed E-state index contributed by atoms with van der Waals surface area (Å²) in [6.45, 7) is 6.00. The fraction of sp³-hybridized carbons (Fsp3) is 1.00. The molecule has 33 heavy (non-hydrogen) atoms. The van der Waals surface area contributed by atoms with Crippen molar-refractivity contribution in [2.75, 3.05) is 13.2 Å². The lowest BCUT2D eigenvalue weighted by Gasteiger charge is -2.63. The Hall–Kier alpha value is -0.240. The molecule has 4 saturated carbocycles. The van der Waals surface area contributed by atoms with Crippen molar-refractivity contribution in [2.45, 2.75) is 109 Å². The van der Waals surface area contributed by atoms with Crippen LogP contribution in [0.5, 0.6) is 0 Å². The number of aliphatic hydroxyl groups excluding tert-OH is 5. The van der Waals surface area contributed by atoms with E-state index in [0.717, 1.165) is 57.8 Å². The van der Waals surface area contributed by atoms with Gasteiger partial charge >= 0.3 is 0 Å². The first-order valence-corrected chi connectivity index (χ1v) is 13.5. The number of rotatable bonds is 7. The zero-order valence-electron chi connectivity index (χ0n) is 20.9.